The molecule has 0 spiro atoms. The zero-order chi connectivity index (χ0) is 14.4. The number of hydrogen-bond acceptors (Lipinski definition) is 3. The molecule has 7 nitrogen and oxygen atoms in total. The first kappa shape index (κ1) is 15.3. The molecule has 0 aromatic rings. The fourth-order valence-corrected chi connectivity index (χ4v) is 1.97. The predicted octanol–water partition coefficient (Wildman–Crippen LogP) is -0.0291. The highest BCUT2D eigenvalue weighted by Crippen LogP contribution is 2.06. The fourth-order valence-electron chi connectivity index (χ4n) is 1.97. The topological polar surface area (TPSA) is 90.0 Å². The average molecular weight is 271 g/mol. The van der Waals surface area contributed by atoms with E-state index in [0.29, 0.717) is 26.2 Å². The monoisotopic (exact) mass is 271 g/mol. The van der Waals surface area contributed by atoms with E-state index in [0.717, 1.165) is 0 Å². The summed E-state index contributed by atoms with van der Waals surface area (Å²) >= 11 is 0. The summed E-state index contributed by atoms with van der Waals surface area (Å²) in [5, 5.41) is 11.5. The Balaban J connectivity index is 2.68. The van der Waals surface area contributed by atoms with Crippen LogP contribution >= 0.6 is 0 Å². The zero-order valence-corrected chi connectivity index (χ0v) is 11.4. The third-order valence-corrected chi connectivity index (χ3v) is 2.77. The van der Waals surface area contributed by atoms with Crippen molar-refractivity contribution in [1.82, 2.24) is 15.1 Å². The number of urea groups is 1. The van der Waals surface area contributed by atoms with Gasteiger partial charge in [0.25, 0.3) is 0 Å². The molecular formula is C12H21N3O4. The first-order valence-electron chi connectivity index (χ1n) is 6.42. The highest BCUT2D eigenvalue weighted by Gasteiger charge is 2.25. The van der Waals surface area contributed by atoms with Gasteiger partial charge >= 0.3 is 12.0 Å². The molecule has 0 aromatic heterocycles. The van der Waals surface area contributed by atoms with Gasteiger partial charge in [-0.3, -0.25) is 9.59 Å². The van der Waals surface area contributed by atoms with Crippen molar-refractivity contribution in [2.75, 3.05) is 32.7 Å². The minimum absolute atomic E-state index is 0.0797. The second-order valence-corrected chi connectivity index (χ2v) is 5.04. The normalized spacial score (nSPS) is 15.9. The molecule has 0 aliphatic carbocycles. The number of aliphatic carboxylic acids is 1. The molecule has 1 fully saturated rings. The van der Waals surface area contributed by atoms with Gasteiger partial charge in [-0.15, -0.1) is 0 Å². The van der Waals surface area contributed by atoms with E-state index >= 15 is 0 Å². The van der Waals surface area contributed by atoms with E-state index < -0.39 is 5.97 Å². The van der Waals surface area contributed by atoms with Crippen molar-refractivity contribution in [2.45, 2.75) is 20.3 Å². The van der Waals surface area contributed by atoms with E-state index in [1.165, 1.54) is 9.80 Å². The number of amides is 3. The molecule has 0 unspecified atom stereocenters. The highest BCUT2D eigenvalue weighted by molar-refractivity contribution is 5.82. The molecule has 0 saturated carbocycles. The van der Waals surface area contributed by atoms with E-state index in [1.54, 1.807) is 0 Å². The standard InChI is InChI=1S/C12H21N3O4/c1-9(2)7-15(8-11(17)18)12(19)14-5-3-10(16)13-4-6-14/h9H,3-8H2,1-2H3,(H,13,16)(H,17,18). The van der Waals surface area contributed by atoms with Crippen molar-refractivity contribution in [2.24, 2.45) is 5.92 Å². The summed E-state index contributed by atoms with van der Waals surface area (Å²) in [7, 11) is 0. The van der Waals surface area contributed by atoms with Crippen molar-refractivity contribution >= 4 is 17.9 Å². The number of carbonyl (C=O) groups is 3. The minimum atomic E-state index is -1.03. The van der Waals surface area contributed by atoms with Gasteiger partial charge in [0.1, 0.15) is 6.54 Å². The highest BCUT2D eigenvalue weighted by atomic mass is 16.4. The smallest absolute Gasteiger partial charge is 0.323 e. The van der Waals surface area contributed by atoms with Crippen LogP contribution in [0.1, 0.15) is 20.3 Å². The molecule has 7 heteroatoms. The summed E-state index contributed by atoms with van der Waals surface area (Å²) in [5.74, 6) is -0.919. The van der Waals surface area contributed by atoms with Gasteiger partial charge in [-0.1, -0.05) is 13.8 Å². The van der Waals surface area contributed by atoms with Crippen LogP contribution in [0.25, 0.3) is 0 Å². The molecule has 108 valence electrons. The van der Waals surface area contributed by atoms with Crippen LogP contribution in [0, 0.1) is 5.92 Å². The number of carboxylic acid groups (broad SMARTS) is 1. The number of nitrogens with zero attached hydrogens (tertiary/aromatic N) is 2. The van der Waals surface area contributed by atoms with Gasteiger partial charge < -0.3 is 20.2 Å². The van der Waals surface area contributed by atoms with Crippen LogP contribution in [0.15, 0.2) is 0 Å². The van der Waals surface area contributed by atoms with E-state index in [4.69, 9.17) is 5.11 Å². The van der Waals surface area contributed by atoms with E-state index in [1.807, 2.05) is 13.8 Å². The first-order valence-corrected chi connectivity index (χ1v) is 6.42. The maximum Gasteiger partial charge on any atom is 0.323 e. The number of hydrogen-bond donors (Lipinski definition) is 2. The van der Waals surface area contributed by atoms with Crippen LogP contribution in [0.5, 0.6) is 0 Å². The molecular weight excluding hydrogens is 250 g/mol. The molecule has 0 radical (unpaired) electrons. The maximum atomic E-state index is 12.3. The van der Waals surface area contributed by atoms with Gasteiger partial charge in [0.2, 0.25) is 5.91 Å². The van der Waals surface area contributed by atoms with Gasteiger partial charge in [-0.05, 0) is 5.92 Å². The summed E-state index contributed by atoms with van der Waals surface area (Å²) < 4.78 is 0. The molecule has 0 bridgehead atoms. The predicted molar refractivity (Wildman–Crippen MR) is 68.6 cm³/mol. The van der Waals surface area contributed by atoms with Gasteiger partial charge in [-0.25, -0.2) is 4.79 Å². The minimum Gasteiger partial charge on any atom is -0.480 e. The van der Waals surface area contributed by atoms with E-state index in [9.17, 15) is 14.4 Å². The Kier molecular flexibility index (Phi) is 5.59. The molecule has 1 heterocycles. The van der Waals surface area contributed by atoms with Crippen molar-refractivity contribution in [1.29, 1.82) is 0 Å². The summed E-state index contributed by atoms with van der Waals surface area (Å²) in [6.07, 6.45) is 0.258. The molecule has 1 aliphatic rings. The Morgan fingerprint density at radius 2 is 2.11 bits per heavy atom. The Bertz CT molecular complexity index is 357. The lowest BCUT2D eigenvalue weighted by Crippen LogP contribution is -2.47. The summed E-state index contributed by atoms with van der Waals surface area (Å²) in [4.78, 5) is 37.2. The number of nitrogens with one attached hydrogen (secondary N) is 1. The zero-order valence-electron chi connectivity index (χ0n) is 11.4. The van der Waals surface area contributed by atoms with Crippen molar-refractivity contribution in [3.05, 3.63) is 0 Å². The van der Waals surface area contributed by atoms with Gasteiger partial charge in [0.05, 0.1) is 0 Å². The molecule has 0 atom stereocenters. The maximum absolute atomic E-state index is 12.3. The summed E-state index contributed by atoms with van der Waals surface area (Å²) in [6.45, 7) is 5.09. The number of carboxylic acids is 1. The molecule has 1 saturated heterocycles. The number of carbonyl (C=O) groups excluding carboxylic acids is 2. The SMILES string of the molecule is CC(C)CN(CC(=O)O)C(=O)N1CCNC(=O)CC1. The fraction of sp³-hybridized carbons (Fsp3) is 0.750. The summed E-state index contributed by atoms with van der Waals surface area (Å²) in [6, 6.07) is -0.312. The van der Waals surface area contributed by atoms with E-state index in [2.05, 4.69) is 5.32 Å². The Hall–Kier alpha value is -1.79. The second kappa shape index (κ2) is 6.96. The largest absolute Gasteiger partial charge is 0.480 e. The van der Waals surface area contributed by atoms with Crippen molar-refractivity contribution < 1.29 is 19.5 Å². The second-order valence-electron chi connectivity index (χ2n) is 5.04. The Morgan fingerprint density at radius 3 is 2.68 bits per heavy atom. The number of rotatable bonds is 4. The Morgan fingerprint density at radius 1 is 1.42 bits per heavy atom. The first-order chi connectivity index (χ1) is 8.90. The van der Waals surface area contributed by atoms with Gasteiger partial charge in [0.15, 0.2) is 0 Å². The van der Waals surface area contributed by atoms with Gasteiger partial charge in [0, 0.05) is 32.6 Å². The third kappa shape index (κ3) is 5.15. The van der Waals surface area contributed by atoms with Crippen molar-refractivity contribution in [3.63, 3.8) is 0 Å². The van der Waals surface area contributed by atoms with Crippen LogP contribution in [0.2, 0.25) is 0 Å². The lowest BCUT2D eigenvalue weighted by Gasteiger charge is -2.29. The molecule has 1 aliphatic heterocycles. The van der Waals surface area contributed by atoms with E-state index in [-0.39, 0.29) is 30.8 Å². The van der Waals surface area contributed by atoms with Crippen molar-refractivity contribution in [3.8, 4) is 0 Å². The molecule has 3 amide bonds. The quantitative estimate of drug-likeness (QED) is 0.751. The lowest BCUT2D eigenvalue weighted by molar-refractivity contribution is -0.137. The molecule has 19 heavy (non-hydrogen) atoms. The van der Waals surface area contributed by atoms with Crippen LogP contribution < -0.4 is 5.32 Å². The van der Waals surface area contributed by atoms with Crippen LogP contribution in [0.3, 0.4) is 0 Å². The Labute approximate surface area is 112 Å². The summed E-state index contributed by atoms with van der Waals surface area (Å²) in [5.41, 5.74) is 0. The lowest BCUT2D eigenvalue weighted by atomic mass is 10.2. The molecule has 2 N–H and O–H groups in total. The van der Waals surface area contributed by atoms with Crippen LogP contribution in [0.4, 0.5) is 4.79 Å². The molecule has 1 rings (SSSR count). The molecule has 0 aromatic carbocycles. The third-order valence-electron chi connectivity index (χ3n) is 2.77. The van der Waals surface area contributed by atoms with Gasteiger partial charge in [-0.2, -0.15) is 0 Å². The average Bonchev–Trinajstić information content (AvgIpc) is 2.51. The van der Waals surface area contributed by atoms with Crippen LogP contribution in [-0.4, -0.2) is 65.5 Å². The van der Waals surface area contributed by atoms with Crippen LogP contribution in [-0.2, 0) is 9.59 Å².